The molecule has 0 bridgehead atoms. The van der Waals surface area contributed by atoms with Crippen LogP contribution in [0.25, 0.3) is 0 Å². The number of nitro benzene ring substituents is 2. The highest BCUT2D eigenvalue weighted by molar-refractivity contribution is 5.98. The second kappa shape index (κ2) is 5.95. The van der Waals surface area contributed by atoms with E-state index in [1.165, 1.54) is 6.92 Å². The van der Waals surface area contributed by atoms with Crippen LogP contribution in [0.15, 0.2) is 12.1 Å². The summed E-state index contributed by atoms with van der Waals surface area (Å²) in [4.78, 5) is 31.8. The highest BCUT2D eigenvalue weighted by Gasteiger charge is 2.39. The molecule has 0 heterocycles. The summed E-state index contributed by atoms with van der Waals surface area (Å²) in [6, 6.07) is 0.337. The van der Waals surface area contributed by atoms with Crippen LogP contribution in [0.5, 0.6) is 0 Å². The van der Waals surface area contributed by atoms with Gasteiger partial charge in [-0.2, -0.15) is 13.2 Å². The summed E-state index contributed by atoms with van der Waals surface area (Å²) in [5.74, 6) is -0.717. The maximum atomic E-state index is 12.7. The Bertz CT molecular complexity index is 609. The first-order valence-corrected chi connectivity index (χ1v) is 5.81. The minimum Gasteiger partial charge on any atom is -0.304 e. The molecule has 0 radical (unpaired) electrons. The number of amides is 1. The average Bonchev–Trinajstić information content (AvgIpc) is 2.42. The lowest BCUT2D eigenvalue weighted by Crippen LogP contribution is -2.27. The zero-order valence-electron chi connectivity index (χ0n) is 11.4. The molecule has 120 valence electrons. The maximum Gasteiger partial charge on any atom is 0.416 e. The van der Waals surface area contributed by atoms with Gasteiger partial charge in [-0.3, -0.25) is 25.0 Å². The maximum absolute atomic E-state index is 12.7. The zero-order valence-corrected chi connectivity index (χ0v) is 11.4. The Balaban J connectivity index is 3.76. The van der Waals surface area contributed by atoms with Crippen LogP contribution in [0.1, 0.15) is 18.9 Å². The summed E-state index contributed by atoms with van der Waals surface area (Å²) in [6.07, 6.45) is -5.13. The van der Waals surface area contributed by atoms with Gasteiger partial charge in [-0.1, -0.05) is 6.92 Å². The van der Waals surface area contributed by atoms with Crippen molar-refractivity contribution in [2.24, 2.45) is 0 Å². The van der Waals surface area contributed by atoms with Crippen molar-refractivity contribution in [2.45, 2.75) is 19.5 Å². The molecule has 0 saturated heterocycles. The van der Waals surface area contributed by atoms with Gasteiger partial charge in [0.05, 0.1) is 15.4 Å². The number of alkyl halides is 3. The van der Waals surface area contributed by atoms with Gasteiger partial charge >= 0.3 is 17.6 Å². The van der Waals surface area contributed by atoms with E-state index in [-0.39, 0.29) is 18.6 Å². The van der Waals surface area contributed by atoms with Gasteiger partial charge in [-0.05, 0) is 0 Å². The number of benzene rings is 1. The standard InChI is InChI=1S/C11H10F3N3O5/c1-3-9(18)15(2)10-7(16(19)20)4-6(11(12,13)14)5-8(10)17(21)22/h4-5H,3H2,1-2H3. The molecule has 0 unspecified atom stereocenters. The predicted molar refractivity (Wildman–Crippen MR) is 68.5 cm³/mol. The normalized spacial score (nSPS) is 11.1. The number of nitrogens with zero attached hydrogens (tertiary/aromatic N) is 3. The van der Waals surface area contributed by atoms with Gasteiger partial charge in [-0.15, -0.1) is 0 Å². The van der Waals surface area contributed by atoms with Crippen LogP contribution in [0.2, 0.25) is 0 Å². The summed E-state index contributed by atoms with van der Waals surface area (Å²) in [5, 5.41) is 21.9. The summed E-state index contributed by atoms with van der Waals surface area (Å²) < 4.78 is 38.1. The molecule has 0 atom stereocenters. The van der Waals surface area contributed by atoms with Crippen molar-refractivity contribution in [1.29, 1.82) is 0 Å². The predicted octanol–water partition coefficient (Wildman–Crippen LogP) is 2.89. The molecule has 0 fully saturated rings. The van der Waals surface area contributed by atoms with Crippen LogP contribution in [0.3, 0.4) is 0 Å². The molecule has 22 heavy (non-hydrogen) atoms. The quantitative estimate of drug-likeness (QED) is 0.626. The molecule has 0 spiro atoms. The van der Waals surface area contributed by atoms with E-state index in [4.69, 9.17) is 0 Å². The second-order valence-corrected chi connectivity index (χ2v) is 4.18. The van der Waals surface area contributed by atoms with Crippen molar-refractivity contribution in [3.63, 3.8) is 0 Å². The lowest BCUT2D eigenvalue weighted by molar-refractivity contribution is -0.393. The molecular weight excluding hydrogens is 311 g/mol. The van der Waals surface area contributed by atoms with Gasteiger partial charge in [0.15, 0.2) is 0 Å². The van der Waals surface area contributed by atoms with Crippen molar-refractivity contribution >= 4 is 23.0 Å². The Morgan fingerprint density at radius 1 is 1.18 bits per heavy atom. The molecule has 1 aromatic carbocycles. The van der Waals surface area contributed by atoms with Gasteiger partial charge in [0.2, 0.25) is 11.6 Å². The van der Waals surface area contributed by atoms with E-state index in [9.17, 15) is 38.2 Å². The van der Waals surface area contributed by atoms with E-state index in [0.717, 1.165) is 7.05 Å². The first kappa shape index (κ1) is 17.3. The fraction of sp³-hybridized carbons (Fsp3) is 0.364. The van der Waals surface area contributed by atoms with Crippen molar-refractivity contribution in [2.75, 3.05) is 11.9 Å². The van der Waals surface area contributed by atoms with Crippen LogP contribution in [-0.4, -0.2) is 22.8 Å². The van der Waals surface area contributed by atoms with Crippen LogP contribution >= 0.6 is 0 Å². The van der Waals surface area contributed by atoms with E-state index in [2.05, 4.69) is 0 Å². The van der Waals surface area contributed by atoms with Gasteiger partial charge in [0, 0.05) is 25.6 Å². The van der Waals surface area contributed by atoms with Crippen molar-refractivity contribution in [1.82, 2.24) is 0 Å². The molecule has 0 saturated carbocycles. The third-order valence-electron chi connectivity index (χ3n) is 2.80. The SMILES string of the molecule is CCC(=O)N(C)c1c([N+](=O)[O-])cc(C(F)(F)F)cc1[N+](=O)[O-]. The minimum atomic E-state index is -5.00. The lowest BCUT2D eigenvalue weighted by atomic mass is 10.1. The van der Waals surface area contributed by atoms with Crippen LogP contribution in [0, 0.1) is 20.2 Å². The van der Waals surface area contributed by atoms with Gasteiger partial charge < -0.3 is 4.90 Å². The zero-order chi connectivity index (χ0) is 17.2. The number of rotatable bonds is 4. The summed E-state index contributed by atoms with van der Waals surface area (Å²) in [7, 11) is 1.02. The number of halogens is 3. The topological polar surface area (TPSA) is 107 Å². The monoisotopic (exact) mass is 321 g/mol. The molecule has 1 amide bonds. The number of carbonyl (C=O) groups excluding carboxylic acids is 1. The minimum absolute atomic E-state index is 0.133. The van der Waals surface area contributed by atoms with E-state index in [1.807, 2.05) is 0 Å². The van der Waals surface area contributed by atoms with E-state index < -0.39 is 44.6 Å². The number of hydrogen-bond acceptors (Lipinski definition) is 5. The first-order valence-electron chi connectivity index (χ1n) is 5.81. The van der Waals surface area contributed by atoms with Gasteiger partial charge in [0.1, 0.15) is 0 Å². The molecule has 0 aliphatic heterocycles. The molecule has 0 aromatic heterocycles. The summed E-state index contributed by atoms with van der Waals surface area (Å²) in [6.45, 7) is 1.40. The first-order chi connectivity index (χ1) is 10.0. The Kier molecular flexibility index (Phi) is 4.69. The average molecular weight is 321 g/mol. The van der Waals surface area contributed by atoms with Crippen LogP contribution in [0.4, 0.5) is 30.2 Å². The molecule has 1 rings (SSSR count). The Hall–Kier alpha value is -2.72. The number of anilines is 1. The molecule has 0 aliphatic carbocycles. The Morgan fingerprint density at radius 3 is 1.86 bits per heavy atom. The van der Waals surface area contributed by atoms with Crippen molar-refractivity contribution in [3.8, 4) is 0 Å². The molecule has 11 heteroatoms. The number of nitro groups is 2. The van der Waals surface area contributed by atoms with Crippen molar-refractivity contribution < 1.29 is 27.8 Å². The fourth-order valence-electron chi connectivity index (χ4n) is 1.75. The van der Waals surface area contributed by atoms with E-state index >= 15 is 0 Å². The molecule has 1 aromatic rings. The fourth-order valence-corrected chi connectivity index (χ4v) is 1.75. The second-order valence-electron chi connectivity index (χ2n) is 4.18. The van der Waals surface area contributed by atoms with Crippen molar-refractivity contribution in [3.05, 3.63) is 37.9 Å². The lowest BCUT2D eigenvalue weighted by Gasteiger charge is -2.17. The van der Waals surface area contributed by atoms with E-state index in [1.54, 1.807) is 0 Å². The summed E-state index contributed by atoms with van der Waals surface area (Å²) >= 11 is 0. The highest BCUT2D eigenvalue weighted by atomic mass is 19.4. The van der Waals surface area contributed by atoms with E-state index in [0.29, 0.717) is 4.90 Å². The third-order valence-corrected chi connectivity index (χ3v) is 2.80. The molecule has 0 N–H and O–H groups in total. The Morgan fingerprint density at radius 2 is 1.59 bits per heavy atom. The number of hydrogen-bond donors (Lipinski definition) is 0. The molecule has 8 nitrogen and oxygen atoms in total. The van der Waals surface area contributed by atoms with Crippen LogP contribution in [-0.2, 0) is 11.0 Å². The molecular formula is C11H10F3N3O5. The summed E-state index contributed by atoms with van der Waals surface area (Å²) in [5.41, 5.74) is -4.64. The Labute approximate surface area is 121 Å². The smallest absolute Gasteiger partial charge is 0.304 e. The number of carbonyl (C=O) groups is 1. The molecule has 0 aliphatic rings. The largest absolute Gasteiger partial charge is 0.416 e. The van der Waals surface area contributed by atoms with Gasteiger partial charge in [-0.25, -0.2) is 0 Å². The third kappa shape index (κ3) is 3.30. The van der Waals surface area contributed by atoms with Crippen LogP contribution < -0.4 is 4.90 Å². The highest BCUT2D eigenvalue weighted by Crippen LogP contribution is 2.42. The van der Waals surface area contributed by atoms with Gasteiger partial charge in [0.25, 0.3) is 0 Å².